The summed E-state index contributed by atoms with van der Waals surface area (Å²) in [5.74, 6) is 0.285. The minimum absolute atomic E-state index is 0.109. The van der Waals surface area contributed by atoms with E-state index >= 15 is 0 Å². The SMILES string of the molecule is N#Cc1ccc(CNc2ncc([N+](=O)[O-])cc2C#N)cc1. The molecule has 7 heteroatoms. The molecular formula is C14H9N5O2. The molecule has 0 bridgehead atoms. The Bertz CT molecular complexity index is 756. The van der Waals surface area contributed by atoms with Gasteiger partial charge >= 0.3 is 0 Å². The first-order valence-corrected chi connectivity index (χ1v) is 5.91. The molecule has 0 aliphatic carbocycles. The summed E-state index contributed by atoms with van der Waals surface area (Å²) in [6, 6.07) is 12.0. The number of nitrogens with zero attached hydrogens (tertiary/aromatic N) is 4. The third kappa shape index (κ3) is 3.31. The molecule has 0 aliphatic heterocycles. The molecule has 2 aromatic rings. The van der Waals surface area contributed by atoms with Gasteiger partial charge in [0.25, 0.3) is 5.69 Å². The van der Waals surface area contributed by atoms with Crippen LogP contribution in [0.2, 0.25) is 0 Å². The summed E-state index contributed by atoms with van der Waals surface area (Å²) >= 11 is 0. The van der Waals surface area contributed by atoms with E-state index in [9.17, 15) is 10.1 Å². The quantitative estimate of drug-likeness (QED) is 0.678. The van der Waals surface area contributed by atoms with Gasteiger partial charge in [0.05, 0.1) is 16.6 Å². The zero-order chi connectivity index (χ0) is 15.2. The molecule has 1 aromatic carbocycles. The molecule has 0 atom stereocenters. The fraction of sp³-hybridized carbons (Fsp3) is 0.0714. The minimum Gasteiger partial charge on any atom is -0.365 e. The number of nitrogens with one attached hydrogen (secondary N) is 1. The number of aromatic nitrogens is 1. The average molecular weight is 279 g/mol. The summed E-state index contributed by atoms with van der Waals surface area (Å²) in [5.41, 5.74) is 1.34. The van der Waals surface area contributed by atoms with Gasteiger partial charge in [0, 0.05) is 12.6 Å². The van der Waals surface area contributed by atoms with Crippen molar-refractivity contribution in [1.82, 2.24) is 4.98 Å². The second kappa shape index (κ2) is 6.13. The van der Waals surface area contributed by atoms with E-state index in [2.05, 4.69) is 10.3 Å². The Labute approximate surface area is 120 Å². The Balaban J connectivity index is 2.14. The van der Waals surface area contributed by atoms with Crippen molar-refractivity contribution in [2.75, 3.05) is 5.32 Å². The topological polar surface area (TPSA) is 116 Å². The molecule has 1 heterocycles. The van der Waals surface area contributed by atoms with E-state index in [1.165, 1.54) is 6.07 Å². The normalized spacial score (nSPS) is 9.43. The number of hydrogen-bond acceptors (Lipinski definition) is 6. The van der Waals surface area contributed by atoms with E-state index < -0.39 is 4.92 Å². The number of anilines is 1. The van der Waals surface area contributed by atoms with E-state index in [0.717, 1.165) is 11.8 Å². The molecule has 7 nitrogen and oxygen atoms in total. The summed E-state index contributed by atoms with van der Waals surface area (Å²) in [7, 11) is 0. The van der Waals surface area contributed by atoms with Crippen molar-refractivity contribution in [2.45, 2.75) is 6.54 Å². The number of pyridine rings is 1. The highest BCUT2D eigenvalue weighted by Crippen LogP contribution is 2.18. The molecule has 21 heavy (non-hydrogen) atoms. The third-order valence-corrected chi connectivity index (χ3v) is 2.75. The van der Waals surface area contributed by atoms with Gasteiger partial charge in [-0.15, -0.1) is 0 Å². The monoisotopic (exact) mass is 279 g/mol. The van der Waals surface area contributed by atoms with Crippen LogP contribution in [-0.2, 0) is 6.54 Å². The maximum absolute atomic E-state index is 10.6. The van der Waals surface area contributed by atoms with Crippen LogP contribution in [0.1, 0.15) is 16.7 Å². The lowest BCUT2D eigenvalue weighted by molar-refractivity contribution is -0.385. The maximum Gasteiger partial charge on any atom is 0.289 e. The molecule has 0 saturated carbocycles. The van der Waals surface area contributed by atoms with Crippen molar-refractivity contribution in [1.29, 1.82) is 10.5 Å². The van der Waals surface area contributed by atoms with Crippen LogP contribution < -0.4 is 5.32 Å². The summed E-state index contributed by atoms with van der Waals surface area (Å²) < 4.78 is 0. The largest absolute Gasteiger partial charge is 0.365 e. The van der Waals surface area contributed by atoms with Gasteiger partial charge in [0.15, 0.2) is 0 Å². The van der Waals surface area contributed by atoms with Gasteiger partial charge in [-0.05, 0) is 17.7 Å². The van der Waals surface area contributed by atoms with Gasteiger partial charge in [-0.1, -0.05) is 12.1 Å². The van der Waals surface area contributed by atoms with E-state index in [1.807, 2.05) is 12.1 Å². The van der Waals surface area contributed by atoms with Crippen LogP contribution in [0.25, 0.3) is 0 Å². The van der Waals surface area contributed by atoms with Crippen molar-refractivity contribution in [3.63, 3.8) is 0 Å². The van der Waals surface area contributed by atoms with Gasteiger partial charge in [-0.2, -0.15) is 10.5 Å². The Morgan fingerprint density at radius 2 is 1.95 bits per heavy atom. The molecule has 0 aliphatic rings. The fourth-order valence-electron chi connectivity index (χ4n) is 1.66. The second-order valence-electron chi connectivity index (χ2n) is 4.12. The van der Waals surface area contributed by atoms with Crippen LogP contribution >= 0.6 is 0 Å². The number of hydrogen-bond donors (Lipinski definition) is 1. The van der Waals surface area contributed by atoms with Crippen LogP contribution in [-0.4, -0.2) is 9.91 Å². The second-order valence-corrected chi connectivity index (χ2v) is 4.12. The molecule has 1 N–H and O–H groups in total. The molecule has 0 unspecified atom stereocenters. The lowest BCUT2D eigenvalue weighted by Crippen LogP contribution is -2.04. The molecule has 1 aromatic heterocycles. The predicted molar refractivity (Wildman–Crippen MR) is 74.1 cm³/mol. The summed E-state index contributed by atoms with van der Waals surface area (Å²) in [5, 5.41) is 31.3. The van der Waals surface area contributed by atoms with Gasteiger partial charge in [-0.25, -0.2) is 4.98 Å². The first-order chi connectivity index (χ1) is 10.1. The molecule has 0 radical (unpaired) electrons. The standard InChI is InChI=1S/C14H9N5O2/c15-6-10-1-3-11(4-2-10)8-17-14-12(7-16)5-13(9-18-14)19(20)21/h1-5,9H,8H2,(H,17,18). The van der Waals surface area contributed by atoms with E-state index in [4.69, 9.17) is 10.5 Å². The van der Waals surface area contributed by atoms with E-state index in [0.29, 0.717) is 12.1 Å². The molecule has 0 saturated heterocycles. The van der Waals surface area contributed by atoms with Gasteiger partial charge in [0.1, 0.15) is 23.6 Å². The lowest BCUT2D eigenvalue weighted by Gasteiger charge is -2.07. The lowest BCUT2D eigenvalue weighted by atomic mass is 10.1. The predicted octanol–water partition coefficient (Wildman–Crippen LogP) is 2.35. The van der Waals surface area contributed by atoms with Gasteiger partial charge < -0.3 is 5.32 Å². The first kappa shape index (κ1) is 14.0. The molecule has 0 spiro atoms. The number of benzene rings is 1. The van der Waals surface area contributed by atoms with Crippen molar-refractivity contribution in [3.05, 3.63) is 63.3 Å². The Morgan fingerprint density at radius 1 is 1.24 bits per heavy atom. The number of nitro groups is 1. The van der Waals surface area contributed by atoms with Crippen molar-refractivity contribution in [2.24, 2.45) is 0 Å². The zero-order valence-electron chi connectivity index (χ0n) is 10.8. The van der Waals surface area contributed by atoms with E-state index in [1.54, 1.807) is 24.3 Å². The Morgan fingerprint density at radius 3 is 2.52 bits per heavy atom. The fourth-order valence-corrected chi connectivity index (χ4v) is 1.66. The first-order valence-electron chi connectivity index (χ1n) is 5.91. The summed E-state index contributed by atoms with van der Waals surface area (Å²) in [4.78, 5) is 13.9. The van der Waals surface area contributed by atoms with Gasteiger partial charge in [-0.3, -0.25) is 10.1 Å². The third-order valence-electron chi connectivity index (χ3n) is 2.75. The Hall–Kier alpha value is -3.45. The molecule has 0 fully saturated rings. The zero-order valence-corrected chi connectivity index (χ0v) is 10.8. The highest BCUT2D eigenvalue weighted by molar-refractivity contribution is 5.55. The minimum atomic E-state index is -0.599. The van der Waals surface area contributed by atoms with Crippen molar-refractivity contribution < 1.29 is 4.92 Å². The van der Waals surface area contributed by atoms with Crippen molar-refractivity contribution >= 4 is 11.5 Å². The highest BCUT2D eigenvalue weighted by atomic mass is 16.6. The van der Waals surface area contributed by atoms with Crippen LogP contribution in [0.3, 0.4) is 0 Å². The number of rotatable bonds is 4. The van der Waals surface area contributed by atoms with Crippen LogP contribution in [0.4, 0.5) is 11.5 Å². The van der Waals surface area contributed by atoms with Crippen LogP contribution in [0.15, 0.2) is 36.5 Å². The molecule has 0 amide bonds. The van der Waals surface area contributed by atoms with Crippen molar-refractivity contribution in [3.8, 4) is 12.1 Å². The average Bonchev–Trinajstić information content (AvgIpc) is 2.53. The molecule has 2 rings (SSSR count). The smallest absolute Gasteiger partial charge is 0.289 e. The maximum atomic E-state index is 10.6. The number of nitriles is 2. The Kier molecular flexibility index (Phi) is 4.08. The molecule has 102 valence electrons. The molecular weight excluding hydrogens is 270 g/mol. The summed E-state index contributed by atoms with van der Waals surface area (Å²) in [6.07, 6.45) is 1.10. The summed E-state index contributed by atoms with van der Waals surface area (Å²) in [6.45, 7) is 0.394. The van der Waals surface area contributed by atoms with E-state index in [-0.39, 0.29) is 17.1 Å². The van der Waals surface area contributed by atoms with Gasteiger partial charge in [0.2, 0.25) is 0 Å². The van der Waals surface area contributed by atoms with Crippen LogP contribution in [0, 0.1) is 32.8 Å². The highest BCUT2D eigenvalue weighted by Gasteiger charge is 2.11. The van der Waals surface area contributed by atoms with Crippen LogP contribution in [0.5, 0.6) is 0 Å².